The minimum absolute atomic E-state index is 0.0632. The Kier molecular flexibility index (Phi) is 7.97. The Balaban J connectivity index is 1.54. The van der Waals surface area contributed by atoms with Gasteiger partial charge < -0.3 is 19.5 Å². The van der Waals surface area contributed by atoms with Crippen LogP contribution in [0.25, 0.3) is 10.8 Å². The lowest BCUT2D eigenvalue weighted by Gasteiger charge is -2.13. The average Bonchev–Trinajstić information content (AvgIpc) is 2.78. The van der Waals surface area contributed by atoms with E-state index in [0.29, 0.717) is 30.4 Å². The van der Waals surface area contributed by atoms with Crippen molar-refractivity contribution < 1.29 is 19.0 Å². The first-order chi connectivity index (χ1) is 14.6. The molecule has 0 saturated heterocycles. The van der Waals surface area contributed by atoms with Crippen molar-refractivity contribution in [2.75, 3.05) is 20.3 Å². The second kappa shape index (κ2) is 10.9. The summed E-state index contributed by atoms with van der Waals surface area (Å²) < 4.78 is 17.7. The number of hydrogen-bond donors (Lipinski definition) is 1. The predicted octanol–water partition coefficient (Wildman–Crippen LogP) is 5.49. The molecule has 0 unspecified atom stereocenters. The lowest BCUT2D eigenvalue weighted by atomic mass is 10.1. The molecule has 0 saturated carbocycles. The molecule has 1 N–H and O–H groups in total. The molecule has 0 aliphatic heterocycles. The summed E-state index contributed by atoms with van der Waals surface area (Å²) in [6, 6.07) is 17.5. The van der Waals surface area contributed by atoms with E-state index in [-0.39, 0.29) is 12.5 Å². The molecule has 0 aliphatic rings. The van der Waals surface area contributed by atoms with Crippen LogP contribution in [0, 0.1) is 0 Å². The number of carbonyl (C=O) groups is 1. The Bertz CT molecular complexity index is 1010. The van der Waals surface area contributed by atoms with Gasteiger partial charge in [-0.25, -0.2) is 0 Å². The lowest BCUT2D eigenvalue weighted by Crippen LogP contribution is -2.28. The van der Waals surface area contributed by atoms with E-state index in [1.54, 1.807) is 7.11 Å². The molecule has 3 rings (SSSR count). The van der Waals surface area contributed by atoms with E-state index >= 15 is 0 Å². The van der Waals surface area contributed by atoms with Gasteiger partial charge in [0.15, 0.2) is 18.1 Å². The van der Waals surface area contributed by atoms with Crippen molar-refractivity contribution in [2.24, 2.45) is 0 Å². The van der Waals surface area contributed by atoms with Gasteiger partial charge in [0.05, 0.1) is 18.2 Å². The molecule has 0 spiro atoms. The third kappa shape index (κ3) is 5.66. The number of amides is 1. The van der Waals surface area contributed by atoms with Crippen molar-refractivity contribution in [3.05, 3.63) is 64.6 Å². The predicted molar refractivity (Wildman–Crippen MR) is 122 cm³/mol. The van der Waals surface area contributed by atoms with Crippen molar-refractivity contribution in [2.45, 2.75) is 26.3 Å². The Labute approximate surface area is 185 Å². The molecule has 0 bridgehead atoms. The summed E-state index contributed by atoms with van der Waals surface area (Å²) in [5, 5.41) is 5.03. The number of halogens is 1. The third-order valence-electron chi connectivity index (χ3n) is 4.66. The molecule has 5 nitrogen and oxygen atoms in total. The molecule has 3 aromatic carbocycles. The van der Waals surface area contributed by atoms with Crippen molar-refractivity contribution >= 4 is 32.6 Å². The van der Waals surface area contributed by atoms with Crippen molar-refractivity contribution in [3.8, 4) is 17.2 Å². The molecule has 3 aromatic rings. The summed E-state index contributed by atoms with van der Waals surface area (Å²) in [6.07, 6.45) is 2.07. The number of fused-ring (bicyclic) bond motifs is 1. The molecule has 0 aliphatic carbocycles. The molecule has 30 heavy (non-hydrogen) atoms. The summed E-state index contributed by atoms with van der Waals surface area (Å²) in [5.74, 6) is 1.82. The Morgan fingerprint density at radius 1 is 1.00 bits per heavy atom. The maximum absolute atomic E-state index is 12.3. The Morgan fingerprint density at radius 3 is 2.60 bits per heavy atom. The van der Waals surface area contributed by atoms with E-state index < -0.39 is 0 Å². The molecule has 0 heterocycles. The summed E-state index contributed by atoms with van der Waals surface area (Å²) in [6.45, 7) is 3.10. The minimum atomic E-state index is -0.197. The molecular formula is C24H26BrNO4. The van der Waals surface area contributed by atoms with Crippen LogP contribution < -0.4 is 19.5 Å². The summed E-state index contributed by atoms with van der Waals surface area (Å²) in [5.41, 5.74) is 0.926. The first-order valence-electron chi connectivity index (χ1n) is 9.98. The highest BCUT2D eigenvalue weighted by Crippen LogP contribution is 2.33. The van der Waals surface area contributed by atoms with Gasteiger partial charge in [-0.2, -0.15) is 0 Å². The fourth-order valence-electron chi connectivity index (χ4n) is 2.99. The van der Waals surface area contributed by atoms with Gasteiger partial charge >= 0.3 is 0 Å². The van der Waals surface area contributed by atoms with E-state index in [2.05, 4.69) is 28.2 Å². The topological polar surface area (TPSA) is 56.8 Å². The number of unbranched alkanes of at least 4 members (excludes halogenated alkanes) is 1. The summed E-state index contributed by atoms with van der Waals surface area (Å²) in [4.78, 5) is 12.3. The first kappa shape index (κ1) is 22.0. The lowest BCUT2D eigenvalue weighted by molar-refractivity contribution is -0.123. The molecular weight excluding hydrogens is 446 g/mol. The zero-order chi connectivity index (χ0) is 21.3. The molecule has 0 aromatic heterocycles. The number of nitrogens with one attached hydrogen (secondary N) is 1. The monoisotopic (exact) mass is 471 g/mol. The highest BCUT2D eigenvalue weighted by molar-refractivity contribution is 9.10. The highest BCUT2D eigenvalue weighted by atomic mass is 79.9. The molecule has 6 heteroatoms. The molecule has 0 fully saturated rings. The zero-order valence-corrected chi connectivity index (χ0v) is 18.8. The fraction of sp³-hybridized carbons (Fsp3) is 0.292. The minimum Gasteiger partial charge on any atom is -0.493 e. The molecule has 1 amide bonds. The van der Waals surface area contributed by atoms with Crippen LogP contribution in [0.5, 0.6) is 17.2 Å². The second-order valence-electron chi connectivity index (χ2n) is 6.85. The van der Waals surface area contributed by atoms with Crippen LogP contribution in [0.2, 0.25) is 0 Å². The van der Waals surface area contributed by atoms with E-state index in [1.165, 1.54) is 0 Å². The van der Waals surface area contributed by atoms with Crippen LogP contribution in [-0.4, -0.2) is 26.2 Å². The SMILES string of the molecule is CCCCOc1ccc(CNC(=O)COc2ccc3ccccc3c2Br)cc1OC. The average molecular weight is 472 g/mol. The fourth-order valence-corrected chi connectivity index (χ4v) is 3.60. The van der Waals surface area contributed by atoms with E-state index in [0.717, 1.165) is 33.7 Å². The van der Waals surface area contributed by atoms with Gasteiger partial charge in [0.2, 0.25) is 0 Å². The maximum atomic E-state index is 12.3. The third-order valence-corrected chi connectivity index (χ3v) is 5.48. The van der Waals surface area contributed by atoms with Crippen LogP contribution in [-0.2, 0) is 11.3 Å². The van der Waals surface area contributed by atoms with E-state index in [4.69, 9.17) is 14.2 Å². The van der Waals surface area contributed by atoms with Crippen molar-refractivity contribution in [3.63, 3.8) is 0 Å². The van der Waals surface area contributed by atoms with Gasteiger partial charge in [-0.05, 0) is 56.9 Å². The van der Waals surface area contributed by atoms with Gasteiger partial charge in [-0.1, -0.05) is 49.7 Å². The number of rotatable bonds is 10. The van der Waals surface area contributed by atoms with Gasteiger partial charge in [0.25, 0.3) is 5.91 Å². The van der Waals surface area contributed by atoms with Gasteiger partial charge in [-0.15, -0.1) is 0 Å². The number of benzene rings is 3. The van der Waals surface area contributed by atoms with Crippen LogP contribution >= 0.6 is 15.9 Å². The zero-order valence-electron chi connectivity index (χ0n) is 17.2. The highest BCUT2D eigenvalue weighted by Gasteiger charge is 2.10. The first-order valence-corrected chi connectivity index (χ1v) is 10.8. The van der Waals surface area contributed by atoms with Crippen LogP contribution in [0.3, 0.4) is 0 Å². The molecule has 0 radical (unpaired) electrons. The quantitative estimate of drug-likeness (QED) is 0.397. The maximum Gasteiger partial charge on any atom is 0.258 e. The van der Waals surface area contributed by atoms with Crippen LogP contribution in [0.4, 0.5) is 0 Å². The van der Waals surface area contributed by atoms with Gasteiger partial charge in [-0.3, -0.25) is 4.79 Å². The smallest absolute Gasteiger partial charge is 0.258 e. The second-order valence-corrected chi connectivity index (χ2v) is 7.64. The number of carbonyl (C=O) groups excluding carboxylic acids is 1. The number of hydrogen-bond acceptors (Lipinski definition) is 4. The van der Waals surface area contributed by atoms with Crippen LogP contribution in [0.15, 0.2) is 59.1 Å². The van der Waals surface area contributed by atoms with Gasteiger partial charge in [0.1, 0.15) is 5.75 Å². The Morgan fingerprint density at radius 2 is 1.80 bits per heavy atom. The van der Waals surface area contributed by atoms with Crippen LogP contribution in [0.1, 0.15) is 25.3 Å². The number of ether oxygens (including phenoxy) is 3. The normalized spacial score (nSPS) is 10.6. The van der Waals surface area contributed by atoms with Gasteiger partial charge in [0, 0.05) is 6.54 Å². The largest absolute Gasteiger partial charge is 0.493 e. The van der Waals surface area contributed by atoms with E-state index in [1.807, 2.05) is 54.6 Å². The van der Waals surface area contributed by atoms with E-state index in [9.17, 15) is 4.79 Å². The van der Waals surface area contributed by atoms with Crippen molar-refractivity contribution in [1.82, 2.24) is 5.32 Å². The molecule has 158 valence electrons. The standard InChI is InChI=1S/C24H26BrNO4/c1-3-4-13-29-20-11-9-17(14-22(20)28-2)15-26-23(27)16-30-21-12-10-18-7-5-6-8-19(18)24(21)25/h5-12,14H,3-4,13,15-16H2,1-2H3,(H,26,27). The number of methoxy groups -OCH3 is 1. The summed E-state index contributed by atoms with van der Waals surface area (Å²) >= 11 is 3.57. The summed E-state index contributed by atoms with van der Waals surface area (Å²) in [7, 11) is 1.61. The molecule has 0 atom stereocenters. The van der Waals surface area contributed by atoms with Crippen molar-refractivity contribution in [1.29, 1.82) is 0 Å². The Hall–Kier alpha value is -2.73.